The van der Waals surface area contributed by atoms with Crippen molar-refractivity contribution in [2.45, 2.75) is 32.3 Å². The second-order valence-electron chi connectivity index (χ2n) is 7.69. The van der Waals surface area contributed by atoms with E-state index in [-0.39, 0.29) is 5.91 Å². The lowest BCUT2D eigenvalue weighted by molar-refractivity contribution is -0.113. The normalized spacial score (nSPS) is 15.6. The van der Waals surface area contributed by atoms with Gasteiger partial charge in [0.2, 0.25) is 0 Å². The topological polar surface area (TPSA) is 55.4 Å². The molecule has 0 saturated carbocycles. The minimum absolute atomic E-state index is 0.0191. The molecule has 0 atom stereocenters. The Morgan fingerprint density at radius 3 is 2.39 bits per heavy atom. The number of aryl methyl sites for hydroxylation is 1. The molecule has 3 rings (SSSR count). The molecule has 1 aliphatic heterocycles. The number of methoxy groups -OCH3 is 1. The molecule has 0 radical (unpaired) electrons. The zero-order valence-electron chi connectivity index (χ0n) is 16.7. The summed E-state index contributed by atoms with van der Waals surface area (Å²) in [6.45, 7) is 1.90. The summed E-state index contributed by atoms with van der Waals surface area (Å²) < 4.78 is 4.88. The van der Waals surface area contributed by atoms with E-state index in [1.807, 2.05) is 25.1 Å². The molecule has 2 aromatic carbocycles. The van der Waals surface area contributed by atoms with Crippen LogP contribution in [-0.4, -0.2) is 37.5 Å². The number of nitrogens with one attached hydrogen (secondary N) is 1. The molecular formula is C23H29NO3P+. The molecule has 0 bridgehead atoms. The van der Waals surface area contributed by atoms with Gasteiger partial charge in [-0.15, -0.1) is 0 Å². The van der Waals surface area contributed by atoms with Crippen molar-refractivity contribution in [3.8, 4) is 0 Å². The van der Waals surface area contributed by atoms with Crippen molar-refractivity contribution >= 4 is 24.8 Å². The highest BCUT2D eigenvalue weighted by atomic mass is 31.2. The molecule has 1 heterocycles. The lowest BCUT2D eigenvalue weighted by atomic mass is 10.1. The van der Waals surface area contributed by atoms with Crippen molar-refractivity contribution in [1.82, 2.24) is 0 Å². The molecule has 0 spiro atoms. The summed E-state index contributed by atoms with van der Waals surface area (Å²) in [7, 11) is -0.0345. The van der Waals surface area contributed by atoms with Crippen LogP contribution in [-0.2, 0) is 15.7 Å². The van der Waals surface area contributed by atoms with Crippen molar-refractivity contribution in [2.75, 3.05) is 30.9 Å². The van der Waals surface area contributed by atoms with Gasteiger partial charge in [0.25, 0.3) is 5.91 Å². The number of rotatable bonds is 6. The Bertz CT molecular complexity index is 829. The largest absolute Gasteiger partial charge is 0.465 e. The molecule has 0 aliphatic carbocycles. The highest BCUT2D eigenvalue weighted by Gasteiger charge is 2.41. The van der Waals surface area contributed by atoms with Crippen LogP contribution in [0.3, 0.4) is 0 Å². The van der Waals surface area contributed by atoms with E-state index in [4.69, 9.17) is 4.74 Å². The third kappa shape index (κ3) is 4.99. The predicted octanol–water partition coefficient (Wildman–Crippen LogP) is 5.12. The number of amides is 1. The lowest BCUT2D eigenvalue weighted by Crippen LogP contribution is -2.25. The smallest absolute Gasteiger partial charge is 0.339 e. The van der Waals surface area contributed by atoms with Gasteiger partial charge < -0.3 is 10.1 Å². The highest BCUT2D eigenvalue weighted by molar-refractivity contribution is 7.76. The number of hydrogen-bond donors (Lipinski definition) is 1. The van der Waals surface area contributed by atoms with E-state index in [0.717, 1.165) is 11.7 Å². The maximum absolute atomic E-state index is 13.1. The van der Waals surface area contributed by atoms with Crippen LogP contribution < -0.4 is 5.32 Å². The molecule has 0 unspecified atom stereocenters. The van der Waals surface area contributed by atoms with Gasteiger partial charge in [-0.3, -0.25) is 4.79 Å². The second kappa shape index (κ2) is 9.34. The van der Waals surface area contributed by atoms with Crippen molar-refractivity contribution in [3.05, 3.63) is 65.2 Å². The van der Waals surface area contributed by atoms with Gasteiger partial charge in [-0.1, -0.05) is 42.5 Å². The number of anilines is 1. The van der Waals surface area contributed by atoms with Crippen LogP contribution in [0.25, 0.3) is 0 Å². The van der Waals surface area contributed by atoms with Crippen LogP contribution in [0.4, 0.5) is 5.69 Å². The fraction of sp³-hybridized carbons (Fsp3) is 0.391. The van der Waals surface area contributed by atoms with E-state index < -0.39 is 13.2 Å². The monoisotopic (exact) mass is 398 g/mol. The van der Waals surface area contributed by atoms with Crippen LogP contribution >= 0.6 is 7.26 Å². The Morgan fingerprint density at radius 2 is 1.71 bits per heavy atom. The van der Waals surface area contributed by atoms with Gasteiger partial charge in [-0.2, -0.15) is 0 Å². The van der Waals surface area contributed by atoms with Crippen molar-refractivity contribution in [1.29, 1.82) is 0 Å². The molecule has 1 aliphatic rings. The molecule has 2 aromatic rings. The predicted molar refractivity (Wildman–Crippen MR) is 117 cm³/mol. The zero-order chi connectivity index (χ0) is 20.0. The standard InChI is InChI=1S/C23H28NO3P/c1-18-10-9-13-20(23(26)27-2)22(18)24-21(25)17-28(14-7-4-8-15-28)16-19-11-5-3-6-12-19/h3,5-6,9-13H,4,7-8,14-17H2,1-2H3/p+1. The van der Waals surface area contributed by atoms with Gasteiger partial charge in [0, 0.05) is 7.26 Å². The van der Waals surface area contributed by atoms with Crippen LogP contribution in [0.15, 0.2) is 48.5 Å². The molecule has 148 valence electrons. The molecule has 1 saturated heterocycles. The van der Waals surface area contributed by atoms with Crippen LogP contribution in [0.2, 0.25) is 0 Å². The summed E-state index contributed by atoms with van der Waals surface area (Å²) in [4.78, 5) is 25.2. The minimum atomic E-state index is -1.39. The Balaban J connectivity index is 1.79. The Hall–Kier alpha value is -2.19. The highest BCUT2D eigenvalue weighted by Crippen LogP contribution is 2.64. The summed E-state index contributed by atoms with van der Waals surface area (Å²) in [6.07, 6.45) is 7.65. The average Bonchev–Trinajstić information content (AvgIpc) is 2.70. The fourth-order valence-electron chi connectivity index (χ4n) is 4.12. The van der Waals surface area contributed by atoms with E-state index in [0.29, 0.717) is 17.4 Å². The summed E-state index contributed by atoms with van der Waals surface area (Å²) in [6, 6.07) is 15.9. The van der Waals surface area contributed by atoms with E-state index >= 15 is 0 Å². The number of hydrogen-bond acceptors (Lipinski definition) is 3. The molecule has 1 fully saturated rings. The Kier molecular flexibility index (Phi) is 6.85. The maximum atomic E-state index is 13.1. The average molecular weight is 398 g/mol. The Morgan fingerprint density at radius 1 is 1.00 bits per heavy atom. The van der Waals surface area contributed by atoms with E-state index in [1.54, 1.807) is 6.07 Å². The maximum Gasteiger partial charge on any atom is 0.339 e. The number of benzene rings is 2. The lowest BCUT2D eigenvalue weighted by Gasteiger charge is -2.31. The molecule has 1 N–H and O–H groups in total. The van der Waals surface area contributed by atoms with Gasteiger partial charge in [-0.05, 0) is 43.4 Å². The first-order valence-corrected chi connectivity index (χ1v) is 12.4. The second-order valence-corrected chi connectivity index (χ2v) is 11.9. The summed E-state index contributed by atoms with van der Waals surface area (Å²) in [5.74, 6) is -0.406. The molecule has 4 nitrogen and oxygen atoms in total. The number of para-hydroxylation sites is 1. The SMILES string of the molecule is COC(=O)c1cccc(C)c1NC(=O)C[P+]1(Cc2ccccc2)CCCCC1. The third-order valence-corrected chi connectivity index (χ3v) is 10.1. The van der Waals surface area contributed by atoms with Crippen LogP contribution in [0.5, 0.6) is 0 Å². The molecule has 5 heteroatoms. The zero-order valence-corrected chi connectivity index (χ0v) is 17.6. The van der Waals surface area contributed by atoms with E-state index in [2.05, 4.69) is 29.6 Å². The summed E-state index contributed by atoms with van der Waals surface area (Å²) in [5, 5.41) is 3.04. The summed E-state index contributed by atoms with van der Waals surface area (Å²) in [5.41, 5.74) is 3.19. The molecule has 0 aromatic heterocycles. The number of esters is 1. The Labute approximate surface area is 168 Å². The first kappa shape index (κ1) is 20.5. The van der Waals surface area contributed by atoms with Gasteiger partial charge in [-0.25, -0.2) is 4.79 Å². The minimum Gasteiger partial charge on any atom is -0.465 e. The van der Waals surface area contributed by atoms with Crippen LogP contribution in [0.1, 0.15) is 40.7 Å². The third-order valence-electron chi connectivity index (χ3n) is 5.55. The first-order valence-electron chi connectivity index (χ1n) is 9.90. The fourth-order valence-corrected chi connectivity index (χ4v) is 8.55. The molecule has 28 heavy (non-hydrogen) atoms. The van der Waals surface area contributed by atoms with Gasteiger partial charge in [0.1, 0.15) is 6.16 Å². The van der Waals surface area contributed by atoms with Gasteiger partial charge in [0.15, 0.2) is 0 Å². The molecular weight excluding hydrogens is 369 g/mol. The number of carbonyl (C=O) groups is 2. The quantitative estimate of drug-likeness (QED) is 0.543. The molecule has 1 amide bonds. The van der Waals surface area contributed by atoms with E-state index in [9.17, 15) is 9.59 Å². The van der Waals surface area contributed by atoms with Gasteiger partial charge in [0.05, 0.1) is 36.8 Å². The number of carbonyl (C=O) groups excluding carboxylic acids is 2. The summed E-state index contributed by atoms with van der Waals surface area (Å²) >= 11 is 0. The first-order chi connectivity index (χ1) is 13.5. The van der Waals surface area contributed by atoms with Crippen LogP contribution in [0, 0.1) is 6.92 Å². The van der Waals surface area contributed by atoms with Crippen molar-refractivity contribution in [2.24, 2.45) is 0 Å². The van der Waals surface area contributed by atoms with E-state index in [1.165, 1.54) is 44.3 Å². The van der Waals surface area contributed by atoms with Crippen molar-refractivity contribution < 1.29 is 14.3 Å². The number of ether oxygens (including phenoxy) is 1. The van der Waals surface area contributed by atoms with Gasteiger partial charge >= 0.3 is 5.97 Å². The van der Waals surface area contributed by atoms with Crippen molar-refractivity contribution in [3.63, 3.8) is 0 Å².